The number of rotatable bonds is 6. The Bertz CT molecular complexity index is 1480. The Labute approximate surface area is 219 Å². The maximum absolute atomic E-state index is 13.7. The lowest BCUT2D eigenvalue weighted by Crippen LogP contribution is -2.52. The number of carbonyl (C=O) groups is 3. The molecular formula is C32H25NO5. The monoisotopic (exact) mass is 503 g/mol. The van der Waals surface area contributed by atoms with E-state index >= 15 is 0 Å². The third kappa shape index (κ3) is 4.24. The van der Waals surface area contributed by atoms with Crippen molar-refractivity contribution in [1.29, 1.82) is 0 Å². The Morgan fingerprint density at radius 2 is 1.37 bits per heavy atom. The van der Waals surface area contributed by atoms with Crippen LogP contribution in [0.2, 0.25) is 0 Å². The van der Waals surface area contributed by atoms with Gasteiger partial charge in [0.2, 0.25) is 5.91 Å². The summed E-state index contributed by atoms with van der Waals surface area (Å²) in [5.41, 5.74) is 5.10. The topological polar surface area (TPSA) is 92.7 Å². The number of ether oxygens (including phenoxy) is 1. The smallest absolute Gasteiger partial charge is 0.315 e. The molecule has 2 unspecified atom stereocenters. The fourth-order valence-corrected chi connectivity index (χ4v) is 5.85. The van der Waals surface area contributed by atoms with Crippen molar-refractivity contribution in [2.24, 2.45) is 11.8 Å². The second-order valence-electron chi connectivity index (χ2n) is 9.81. The lowest BCUT2D eigenvalue weighted by molar-refractivity contribution is -0.158. The lowest BCUT2D eigenvalue weighted by Gasteiger charge is -2.48. The summed E-state index contributed by atoms with van der Waals surface area (Å²) in [6.45, 7) is 0. The van der Waals surface area contributed by atoms with E-state index in [0.29, 0.717) is 12.2 Å². The summed E-state index contributed by atoms with van der Waals surface area (Å²) >= 11 is 0. The van der Waals surface area contributed by atoms with Gasteiger partial charge in [0.15, 0.2) is 0 Å². The number of hydrogen-bond donors (Lipinski definition) is 2. The number of amides is 1. The van der Waals surface area contributed by atoms with Crippen molar-refractivity contribution in [3.63, 3.8) is 0 Å². The Kier molecular flexibility index (Phi) is 6.00. The van der Waals surface area contributed by atoms with Crippen molar-refractivity contribution in [3.05, 3.63) is 120 Å². The average molecular weight is 504 g/mol. The highest BCUT2D eigenvalue weighted by atomic mass is 16.5. The number of anilines is 1. The van der Waals surface area contributed by atoms with Gasteiger partial charge in [0.1, 0.15) is 5.75 Å². The number of carboxylic acid groups (broad SMARTS) is 1. The predicted molar refractivity (Wildman–Crippen MR) is 143 cm³/mol. The van der Waals surface area contributed by atoms with E-state index < -0.39 is 35.6 Å². The molecule has 0 bridgehead atoms. The van der Waals surface area contributed by atoms with E-state index in [1.54, 1.807) is 12.1 Å². The van der Waals surface area contributed by atoms with Gasteiger partial charge in [-0.1, -0.05) is 84.9 Å². The van der Waals surface area contributed by atoms with Gasteiger partial charge in [-0.25, -0.2) is 0 Å². The highest BCUT2D eigenvalue weighted by Gasteiger charge is 2.59. The van der Waals surface area contributed by atoms with Crippen LogP contribution in [0, 0.1) is 11.8 Å². The molecule has 1 heterocycles. The van der Waals surface area contributed by atoms with E-state index in [0.717, 1.165) is 33.5 Å². The summed E-state index contributed by atoms with van der Waals surface area (Å²) in [5.74, 6) is -3.43. The lowest BCUT2D eigenvalue weighted by atomic mass is 9.52. The van der Waals surface area contributed by atoms with E-state index in [1.807, 2.05) is 91.0 Å². The van der Waals surface area contributed by atoms with Gasteiger partial charge in [-0.3, -0.25) is 14.4 Å². The molecule has 2 aliphatic rings. The van der Waals surface area contributed by atoms with E-state index in [4.69, 9.17) is 4.74 Å². The third-order valence-electron chi connectivity index (χ3n) is 7.59. The molecule has 1 aliphatic carbocycles. The van der Waals surface area contributed by atoms with Gasteiger partial charge in [0, 0.05) is 17.5 Å². The first-order valence-corrected chi connectivity index (χ1v) is 12.6. The predicted octanol–water partition coefficient (Wildman–Crippen LogP) is 5.65. The van der Waals surface area contributed by atoms with Crippen LogP contribution in [0.3, 0.4) is 0 Å². The van der Waals surface area contributed by atoms with Gasteiger partial charge >= 0.3 is 11.9 Å². The molecule has 38 heavy (non-hydrogen) atoms. The van der Waals surface area contributed by atoms with Crippen LogP contribution < -0.4 is 10.1 Å². The summed E-state index contributed by atoms with van der Waals surface area (Å²) in [7, 11) is 0. The minimum absolute atomic E-state index is 0.0269. The number of esters is 1. The van der Waals surface area contributed by atoms with Crippen molar-refractivity contribution in [2.75, 3.05) is 5.32 Å². The largest absolute Gasteiger partial charge is 0.481 e. The molecule has 1 fully saturated rings. The number of carboxylic acids is 1. The molecule has 0 saturated heterocycles. The van der Waals surface area contributed by atoms with E-state index in [2.05, 4.69) is 5.32 Å². The van der Waals surface area contributed by atoms with Crippen LogP contribution in [0.25, 0.3) is 11.1 Å². The fraction of sp³-hybridized carbons (Fsp3) is 0.156. The molecule has 6 rings (SSSR count). The van der Waals surface area contributed by atoms with Crippen molar-refractivity contribution in [1.82, 2.24) is 0 Å². The molecule has 2 N–H and O–H groups in total. The van der Waals surface area contributed by atoms with Gasteiger partial charge in [-0.15, -0.1) is 0 Å². The minimum Gasteiger partial charge on any atom is -0.481 e. The maximum atomic E-state index is 13.7. The summed E-state index contributed by atoms with van der Waals surface area (Å²) in [6.07, 6.45) is 0.372. The normalized spacial score (nSPS) is 21.6. The maximum Gasteiger partial charge on any atom is 0.315 e. The first kappa shape index (κ1) is 23.7. The number of hydrogen-bond acceptors (Lipinski definition) is 4. The van der Waals surface area contributed by atoms with Crippen LogP contribution in [0.15, 0.2) is 103 Å². The number of carbonyl (C=O) groups excluding carboxylic acids is 2. The molecule has 4 aromatic carbocycles. The van der Waals surface area contributed by atoms with Crippen molar-refractivity contribution < 1.29 is 24.2 Å². The number of aliphatic carboxylic acids is 1. The summed E-state index contributed by atoms with van der Waals surface area (Å²) in [5, 5.41) is 13.0. The van der Waals surface area contributed by atoms with Crippen LogP contribution in [-0.4, -0.2) is 23.0 Å². The molecule has 0 aromatic heterocycles. The molecule has 6 nitrogen and oxygen atoms in total. The van der Waals surface area contributed by atoms with Gasteiger partial charge < -0.3 is 15.2 Å². The Morgan fingerprint density at radius 3 is 2.00 bits per heavy atom. The summed E-state index contributed by atoms with van der Waals surface area (Å²) < 4.78 is 5.92. The second kappa shape index (κ2) is 9.63. The van der Waals surface area contributed by atoms with E-state index in [1.165, 1.54) is 0 Å². The standard InChI is InChI=1S/C32H25NO5/c34-26-18-23-15-14-22(17-25(23)33-26)21-12-7-13-24(16-21)38-32(37)30-27(19-8-3-1-4-9-19)29(31(35)36)28(30)20-10-5-2-6-11-20/h1-17,27-30H,18H2,(H,33,34)(H,35,36). The van der Waals surface area contributed by atoms with Gasteiger partial charge in [-0.05, 0) is 46.0 Å². The Balaban J connectivity index is 1.31. The molecule has 0 radical (unpaired) electrons. The average Bonchev–Trinajstić information content (AvgIpc) is 3.28. The first-order chi connectivity index (χ1) is 18.5. The number of nitrogens with one attached hydrogen (secondary N) is 1. The quantitative estimate of drug-likeness (QED) is 0.262. The molecule has 1 amide bonds. The molecule has 1 aliphatic heterocycles. The molecule has 1 saturated carbocycles. The second-order valence-corrected chi connectivity index (χ2v) is 9.81. The van der Waals surface area contributed by atoms with Crippen LogP contribution in [0.4, 0.5) is 5.69 Å². The molecule has 2 atom stereocenters. The Hall–Kier alpha value is -4.71. The first-order valence-electron chi connectivity index (χ1n) is 12.6. The van der Waals surface area contributed by atoms with Gasteiger partial charge in [0.05, 0.1) is 18.3 Å². The number of fused-ring (bicyclic) bond motifs is 1. The molecule has 4 aromatic rings. The van der Waals surface area contributed by atoms with Gasteiger partial charge in [-0.2, -0.15) is 0 Å². The Morgan fingerprint density at radius 1 is 0.737 bits per heavy atom. The summed E-state index contributed by atoms with van der Waals surface area (Å²) in [4.78, 5) is 37.8. The van der Waals surface area contributed by atoms with Crippen LogP contribution >= 0.6 is 0 Å². The molecular weight excluding hydrogens is 478 g/mol. The minimum atomic E-state index is -0.928. The fourth-order valence-electron chi connectivity index (χ4n) is 5.85. The zero-order chi connectivity index (χ0) is 26.2. The van der Waals surface area contributed by atoms with E-state index in [-0.39, 0.29) is 5.91 Å². The SMILES string of the molecule is O=C1Cc2ccc(-c3cccc(OC(=O)C4C(c5ccccc5)C(C(=O)O)C4c4ccccc4)c3)cc2N1. The highest BCUT2D eigenvalue weighted by molar-refractivity contribution is 6.00. The van der Waals surface area contributed by atoms with Crippen molar-refractivity contribution in [2.45, 2.75) is 18.3 Å². The highest BCUT2D eigenvalue weighted by Crippen LogP contribution is 2.58. The zero-order valence-electron chi connectivity index (χ0n) is 20.4. The zero-order valence-corrected chi connectivity index (χ0v) is 20.4. The summed E-state index contributed by atoms with van der Waals surface area (Å²) in [6, 6.07) is 31.7. The van der Waals surface area contributed by atoms with E-state index in [9.17, 15) is 19.5 Å². The van der Waals surface area contributed by atoms with Crippen LogP contribution in [-0.2, 0) is 20.8 Å². The molecule has 188 valence electrons. The third-order valence-corrected chi connectivity index (χ3v) is 7.59. The van der Waals surface area contributed by atoms with Crippen LogP contribution in [0.5, 0.6) is 5.75 Å². The van der Waals surface area contributed by atoms with Crippen molar-refractivity contribution >= 4 is 23.5 Å². The van der Waals surface area contributed by atoms with Crippen molar-refractivity contribution in [3.8, 4) is 16.9 Å². The molecule has 6 heteroatoms. The molecule has 0 spiro atoms. The van der Waals surface area contributed by atoms with Crippen LogP contribution in [0.1, 0.15) is 28.5 Å². The number of benzene rings is 4. The van der Waals surface area contributed by atoms with Gasteiger partial charge in [0.25, 0.3) is 0 Å².